The van der Waals surface area contributed by atoms with E-state index in [-0.39, 0.29) is 29.6 Å². The second-order valence-corrected chi connectivity index (χ2v) is 4.05. The number of aromatic carboxylic acids is 1. The van der Waals surface area contributed by atoms with Crippen LogP contribution < -0.4 is 0 Å². The fourth-order valence-electron chi connectivity index (χ4n) is 1.76. The van der Waals surface area contributed by atoms with Gasteiger partial charge in [0.2, 0.25) is 0 Å². The van der Waals surface area contributed by atoms with Gasteiger partial charge in [0.25, 0.3) is 6.43 Å². The quantitative estimate of drug-likeness (QED) is 0.799. The number of halogens is 3. The molecule has 0 spiro atoms. The van der Waals surface area contributed by atoms with Crippen LogP contribution in [0.5, 0.6) is 0 Å². The number of fused-ring (bicyclic) bond motifs is 1. The molecule has 108 valence electrons. The second kappa shape index (κ2) is 5.91. The van der Waals surface area contributed by atoms with E-state index in [0.29, 0.717) is 5.82 Å². The number of ether oxygens (including phenoxy) is 1. The lowest BCUT2D eigenvalue weighted by Crippen LogP contribution is -2.07. The van der Waals surface area contributed by atoms with Crippen molar-refractivity contribution in [2.24, 2.45) is 0 Å². The minimum atomic E-state index is -2.54. The number of aromatic nitrogens is 2. The van der Waals surface area contributed by atoms with E-state index in [1.165, 1.54) is 0 Å². The van der Waals surface area contributed by atoms with Gasteiger partial charge in [0.1, 0.15) is 23.8 Å². The zero-order chi connectivity index (χ0) is 14.7. The lowest BCUT2D eigenvalue weighted by molar-refractivity contribution is 0.0183. The molecule has 0 unspecified atom stereocenters. The molecular weight excluding hydrogens is 277 g/mol. The summed E-state index contributed by atoms with van der Waals surface area (Å²) in [5.74, 6) is -1.64. The van der Waals surface area contributed by atoms with E-state index in [1.807, 2.05) is 0 Å². The Labute approximate surface area is 111 Å². The maximum absolute atomic E-state index is 13.2. The van der Waals surface area contributed by atoms with Crippen LogP contribution in [0.3, 0.4) is 0 Å². The van der Waals surface area contributed by atoms with Crippen molar-refractivity contribution in [3.05, 3.63) is 29.3 Å². The number of rotatable bonds is 6. The predicted molar refractivity (Wildman–Crippen MR) is 63.5 cm³/mol. The van der Waals surface area contributed by atoms with Gasteiger partial charge in [0.05, 0.1) is 17.7 Å². The summed E-state index contributed by atoms with van der Waals surface area (Å²) in [6.45, 7) is -0.662. The van der Waals surface area contributed by atoms with Gasteiger partial charge >= 0.3 is 5.97 Å². The number of carboxylic acid groups (broad SMARTS) is 1. The van der Waals surface area contributed by atoms with Crippen molar-refractivity contribution in [2.75, 3.05) is 13.2 Å². The van der Waals surface area contributed by atoms with Crippen molar-refractivity contribution in [3.63, 3.8) is 0 Å². The Bertz CT molecular complexity index is 628. The first-order chi connectivity index (χ1) is 9.47. The average molecular weight is 288 g/mol. The summed E-state index contributed by atoms with van der Waals surface area (Å²) in [5, 5.41) is 8.96. The molecule has 0 aliphatic carbocycles. The van der Waals surface area contributed by atoms with Crippen LogP contribution >= 0.6 is 0 Å². The first-order valence-corrected chi connectivity index (χ1v) is 5.74. The van der Waals surface area contributed by atoms with Crippen LogP contribution in [0.25, 0.3) is 11.0 Å². The molecule has 2 aromatic rings. The molecule has 0 amide bonds. The Hall–Kier alpha value is -2.09. The summed E-state index contributed by atoms with van der Waals surface area (Å²) in [7, 11) is 0. The van der Waals surface area contributed by atoms with Crippen LogP contribution in [0.4, 0.5) is 13.2 Å². The standard InChI is InChI=1S/C12H11F3N2O3/c13-6-3-7(12(18)19)11-8(4-6)16-10(17-11)1-2-20-5-9(14)15/h3-4,9H,1-2,5H2,(H,16,17)(H,18,19). The number of H-pyrrole nitrogens is 1. The number of benzene rings is 1. The van der Waals surface area contributed by atoms with Gasteiger partial charge in [0, 0.05) is 6.42 Å². The Morgan fingerprint density at radius 2 is 2.20 bits per heavy atom. The predicted octanol–water partition coefficient (Wildman–Crippen LogP) is 2.22. The molecule has 0 atom stereocenters. The number of carboxylic acids is 1. The van der Waals surface area contributed by atoms with Crippen molar-refractivity contribution < 1.29 is 27.8 Å². The van der Waals surface area contributed by atoms with Crippen molar-refractivity contribution in [1.82, 2.24) is 9.97 Å². The molecule has 1 aromatic heterocycles. The lowest BCUT2D eigenvalue weighted by Gasteiger charge is -2.00. The largest absolute Gasteiger partial charge is 0.478 e. The number of hydrogen-bond acceptors (Lipinski definition) is 3. The van der Waals surface area contributed by atoms with Gasteiger partial charge in [-0.3, -0.25) is 0 Å². The fourth-order valence-corrected chi connectivity index (χ4v) is 1.76. The molecule has 0 bridgehead atoms. The number of imidazole rings is 1. The highest BCUT2D eigenvalue weighted by molar-refractivity contribution is 6.00. The van der Waals surface area contributed by atoms with Crippen molar-refractivity contribution in [2.45, 2.75) is 12.8 Å². The van der Waals surface area contributed by atoms with E-state index in [2.05, 4.69) is 9.97 Å². The van der Waals surface area contributed by atoms with Gasteiger partial charge in [-0.15, -0.1) is 0 Å². The van der Waals surface area contributed by atoms with E-state index >= 15 is 0 Å². The zero-order valence-electron chi connectivity index (χ0n) is 10.2. The molecule has 8 heteroatoms. The van der Waals surface area contributed by atoms with Crippen molar-refractivity contribution in [3.8, 4) is 0 Å². The summed E-state index contributed by atoms with van der Waals surface area (Å²) in [6.07, 6.45) is -2.35. The van der Waals surface area contributed by atoms with Gasteiger partial charge in [-0.25, -0.2) is 22.9 Å². The van der Waals surface area contributed by atoms with Crippen LogP contribution in [-0.4, -0.2) is 40.7 Å². The molecule has 0 radical (unpaired) electrons. The molecule has 1 heterocycles. The molecule has 0 aliphatic rings. The van der Waals surface area contributed by atoms with Gasteiger partial charge in [-0.1, -0.05) is 0 Å². The topological polar surface area (TPSA) is 75.2 Å². The van der Waals surface area contributed by atoms with Crippen LogP contribution in [-0.2, 0) is 11.2 Å². The summed E-state index contributed by atoms with van der Waals surface area (Å²) in [6, 6.07) is 2.00. The molecule has 0 aliphatic heterocycles. The zero-order valence-corrected chi connectivity index (χ0v) is 10.2. The third kappa shape index (κ3) is 3.27. The first kappa shape index (κ1) is 14.3. The molecule has 20 heavy (non-hydrogen) atoms. The number of alkyl halides is 2. The molecule has 5 nitrogen and oxygen atoms in total. The summed E-state index contributed by atoms with van der Waals surface area (Å²) in [5.41, 5.74) is 0.116. The Balaban J connectivity index is 2.16. The minimum absolute atomic E-state index is 0.00898. The van der Waals surface area contributed by atoms with Crippen molar-refractivity contribution in [1.29, 1.82) is 0 Å². The highest BCUT2D eigenvalue weighted by Gasteiger charge is 2.15. The summed E-state index contributed by atoms with van der Waals surface area (Å²) in [4.78, 5) is 17.7. The fraction of sp³-hybridized carbons (Fsp3) is 0.333. The number of carbonyl (C=O) groups is 1. The normalized spacial score (nSPS) is 11.4. The Morgan fingerprint density at radius 1 is 1.45 bits per heavy atom. The number of aromatic amines is 1. The maximum atomic E-state index is 13.2. The molecule has 0 saturated heterocycles. The van der Waals surface area contributed by atoms with Gasteiger partial charge in [-0.2, -0.15) is 0 Å². The summed E-state index contributed by atoms with van der Waals surface area (Å²) < 4.78 is 41.7. The minimum Gasteiger partial charge on any atom is -0.478 e. The van der Waals surface area contributed by atoms with Crippen LogP contribution in [0.15, 0.2) is 12.1 Å². The molecular formula is C12H11F3N2O3. The average Bonchev–Trinajstić information content (AvgIpc) is 2.75. The number of hydrogen-bond donors (Lipinski definition) is 2. The Morgan fingerprint density at radius 3 is 2.85 bits per heavy atom. The van der Waals surface area contributed by atoms with Crippen molar-refractivity contribution >= 4 is 17.0 Å². The van der Waals surface area contributed by atoms with Gasteiger partial charge < -0.3 is 14.8 Å². The lowest BCUT2D eigenvalue weighted by atomic mass is 10.2. The van der Waals surface area contributed by atoms with Crippen LogP contribution in [0.2, 0.25) is 0 Å². The highest BCUT2D eigenvalue weighted by atomic mass is 19.3. The van der Waals surface area contributed by atoms with Crippen LogP contribution in [0.1, 0.15) is 16.2 Å². The molecule has 2 N–H and O–H groups in total. The number of nitrogens with one attached hydrogen (secondary N) is 1. The SMILES string of the molecule is O=C(O)c1cc(F)cc2[nH]c(CCOCC(F)F)nc12. The second-order valence-electron chi connectivity index (χ2n) is 4.05. The van der Waals surface area contributed by atoms with E-state index in [9.17, 15) is 18.0 Å². The number of nitrogens with zero attached hydrogens (tertiary/aromatic N) is 1. The van der Waals surface area contributed by atoms with E-state index in [0.717, 1.165) is 12.1 Å². The Kier molecular flexibility index (Phi) is 4.23. The summed E-state index contributed by atoms with van der Waals surface area (Å²) >= 11 is 0. The molecule has 0 fully saturated rings. The maximum Gasteiger partial charge on any atom is 0.338 e. The first-order valence-electron chi connectivity index (χ1n) is 5.74. The van der Waals surface area contributed by atoms with Gasteiger partial charge in [0.15, 0.2) is 0 Å². The monoisotopic (exact) mass is 288 g/mol. The highest BCUT2D eigenvalue weighted by Crippen LogP contribution is 2.19. The molecule has 2 rings (SSSR count). The van der Waals surface area contributed by atoms with Crippen LogP contribution in [0, 0.1) is 5.82 Å². The smallest absolute Gasteiger partial charge is 0.338 e. The van der Waals surface area contributed by atoms with E-state index < -0.39 is 24.8 Å². The molecule has 0 saturated carbocycles. The third-order valence-electron chi connectivity index (χ3n) is 2.56. The van der Waals surface area contributed by atoms with E-state index in [4.69, 9.17) is 9.84 Å². The molecule has 1 aromatic carbocycles. The van der Waals surface area contributed by atoms with Gasteiger partial charge in [-0.05, 0) is 12.1 Å². The third-order valence-corrected chi connectivity index (χ3v) is 2.56. The van der Waals surface area contributed by atoms with E-state index in [1.54, 1.807) is 0 Å².